The van der Waals surface area contributed by atoms with E-state index in [1.54, 1.807) is 5.56 Å². The largest absolute Gasteiger partial charge is 4.00 e. The molecule has 0 amide bonds. The molecule has 0 aliphatic heterocycles. The van der Waals surface area contributed by atoms with Gasteiger partial charge in [0.15, 0.2) is 0 Å². The van der Waals surface area contributed by atoms with Crippen LogP contribution in [0.1, 0.15) is 64.2 Å². The Kier molecular flexibility index (Phi) is 132. The van der Waals surface area contributed by atoms with E-state index in [4.69, 9.17) is 0 Å². The molecule has 1 aliphatic rings. The summed E-state index contributed by atoms with van der Waals surface area (Å²) in [5.74, 6) is 0.589. The molecule has 0 saturated carbocycles. The molecule has 0 bridgehead atoms. The number of fused-ring (bicyclic) bond motifs is 3. The molecule has 1 radical (unpaired) electrons. The second-order valence-electron chi connectivity index (χ2n) is 4.90. The fraction of sp³-hybridized carbons (Fsp3) is 0.346. The fourth-order valence-electron chi connectivity index (χ4n) is 2.96. The Morgan fingerprint density at radius 2 is 1.15 bits per heavy atom. The van der Waals surface area contributed by atoms with Crippen LogP contribution in [0.15, 0.2) is 36.4 Å². The minimum atomic E-state index is 0. The molecule has 34 heavy (non-hydrogen) atoms. The summed E-state index contributed by atoms with van der Waals surface area (Å²) in [5, 5.41) is 0. The van der Waals surface area contributed by atoms with Gasteiger partial charge in [0.1, 0.15) is 0 Å². The summed E-state index contributed by atoms with van der Waals surface area (Å²) in [7, 11) is 0. The van der Waals surface area contributed by atoms with Crippen molar-refractivity contribution in [2.24, 2.45) is 0 Å². The van der Waals surface area contributed by atoms with Crippen molar-refractivity contribution in [1.82, 2.24) is 0 Å². The molecule has 0 nitrogen and oxygen atoms in total. The molecule has 0 heterocycles. The van der Waals surface area contributed by atoms with E-state index in [1.165, 1.54) is 22.3 Å². The van der Waals surface area contributed by atoms with E-state index in [1.807, 2.05) is 33.8 Å². The van der Waals surface area contributed by atoms with E-state index >= 15 is 0 Å². The number of hydrogen-bond acceptors (Lipinski definition) is 0. The van der Waals surface area contributed by atoms with Crippen LogP contribution in [0, 0.1) is 270 Å². The smallest absolute Gasteiger partial charge is 0.358 e. The summed E-state index contributed by atoms with van der Waals surface area (Å²) in [6.07, 6.45) is 2.29. The third-order valence-corrected chi connectivity index (χ3v) is 3.84. The van der Waals surface area contributed by atoms with E-state index in [0.29, 0.717) is 5.92 Å². The van der Waals surface area contributed by atoms with E-state index in [0.717, 1.165) is 12.8 Å². The first kappa shape index (κ1) is 83.9. The summed E-state index contributed by atoms with van der Waals surface area (Å²) in [6, 6.07) is 16.5. The van der Waals surface area contributed by atoms with Gasteiger partial charge in [0.2, 0.25) is 0 Å². The van der Waals surface area contributed by atoms with Crippen LogP contribution in [0.2, 0.25) is 0 Å². The predicted octanol–water partition coefficient (Wildman–Crippen LogP) is 8.67. The van der Waals surface area contributed by atoms with E-state index in [2.05, 4.69) is 50.2 Å². The summed E-state index contributed by atoms with van der Waals surface area (Å²) in [5.41, 5.74) is 7.25. The first-order valence-corrected chi connectivity index (χ1v) is 8.43. The Bertz CT molecular complexity index is 587. The van der Waals surface area contributed by atoms with Crippen molar-refractivity contribution >= 4 is 0 Å². The molecule has 1 atom stereocenters. The van der Waals surface area contributed by atoms with Crippen molar-refractivity contribution in [1.29, 1.82) is 0 Å². The van der Waals surface area contributed by atoms with Crippen LogP contribution in [0.4, 0.5) is 0 Å². The van der Waals surface area contributed by atoms with Crippen molar-refractivity contribution < 1.29 is 280 Å². The SMILES string of the molecule is CC.CC.CCc1cccc2c1CC(C)c1[c-]cccc1-2.[Ar].[Ar].[Ar].[Ar].[Ar].[Ar].[CH3-].[CH3-].[CH3-].[CH3-].[CH3-].[Pt+4].[Y]. The minimum absolute atomic E-state index is 0. The zero-order valence-corrected chi connectivity index (χ0v) is 31.8. The van der Waals surface area contributed by atoms with Crippen LogP contribution in [-0.2, 0) is 66.6 Å². The third-order valence-electron chi connectivity index (χ3n) is 3.84. The van der Waals surface area contributed by atoms with Gasteiger partial charge >= 0.3 is 21.1 Å². The zero-order chi connectivity index (χ0) is 15.8. The summed E-state index contributed by atoms with van der Waals surface area (Å²) >= 11 is 0. The molecule has 1 aliphatic carbocycles. The van der Waals surface area contributed by atoms with Gasteiger partial charge in [-0.05, 0) is 29.9 Å². The van der Waals surface area contributed by atoms with Gasteiger partial charge in [-0.15, -0.1) is 5.56 Å². The maximum Gasteiger partial charge on any atom is 4.00 e. The van der Waals surface area contributed by atoms with Gasteiger partial charge in [0.25, 0.3) is 0 Å². The van der Waals surface area contributed by atoms with Crippen molar-refractivity contribution in [2.45, 2.75) is 60.3 Å². The van der Waals surface area contributed by atoms with E-state index < -0.39 is 0 Å². The van der Waals surface area contributed by atoms with Gasteiger partial charge in [-0.25, -0.2) is 0 Å². The molecule has 8 heteroatoms. The van der Waals surface area contributed by atoms with Gasteiger partial charge in [-0.1, -0.05) is 65.3 Å². The number of aryl methyl sites for hydroxylation is 1. The maximum absolute atomic E-state index is 3.42. The monoisotopic (exact) mass is 880 g/mol. The Morgan fingerprint density at radius 1 is 0.735 bits per heavy atom. The Morgan fingerprint density at radius 3 is 1.56 bits per heavy atom. The molecule has 0 saturated heterocycles. The van der Waals surface area contributed by atoms with E-state index in [-0.39, 0.29) is 317 Å². The van der Waals surface area contributed by atoms with Crippen LogP contribution in [0.25, 0.3) is 11.1 Å². The van der Waals surface area contributed by atoms with Crippen LogP contribution < -0.4 is 0 Å². The third kappa shape index (κ3) is 27.3. The molecule has 2 aromatic carbocycles. The Hall–Kier alpha value is 7.79. The van der Waals surface area contributed by atoms with Crippen molar-refractivity contribution in [3.05, 3.63) is 96.3 Å². The van der Waals surface area contributed by atoms with Crippen LogP contribution in [-0.4, -0.2) is 0 Å². The molecule has 0 N–H and O–H groups in total. The Labute approximate surface area is 436 Å². The fourth-order valence-corrected chi connectivity index (χ4v) is 2.96. The van der Waals surface area contributed by atoms with Crippen molar-refractivity contribution in [3.8, 4) is 11.1 Å². The average molecular weight is 880 g/mol. The normalized spacial score (nSPS) is 9.06. The Balaban J connectivity index is -0.0000000225. The minimum Gasteiger partial charge on any atom is -0.358 e. The number of rotatable bonds is 1. The van der Waals surface area contributed by atoms with Crippen molar-refractivity contribution in [3.63, 3.8) is 0 Å². The topological polar surface area (TPSA) is 0 Å². The number of benzene rings is 2. The second kappa shape index (κ2) is 53.4. The molecule has 1 unspecified atom stereocenters. The van der Waals surface area contributed by atoms with Crippen LogP contribution >= 0.6 is 0 Å². The first-order chi connectivity index (χ1) is 10.3. The van der Waals surface area contributed by atoms with Gasteiger partial charge in [-0.3, -0.25) is 0 Å². The molecular formula is C26H44Ar6PtY-2. The standard InChI is InChI=1S/C17H17.2C2H6.5CH3.6Ar.Pt.Y/c1-3-13-7-6-10-16-15-9-5-4-8-14(15)12(2)11-17(13)16;2*1-2;;;;;;;;;;;;;/h4-7,9-10,12H,3,11H2,1-2H3;2*1-2H3;5*1H3;;;;;;;;/q-1;;;5*-1;;;;;;;+4;. The summed E-state index contributed by atoms with van der Waals surface area (Å²) in [6.45, 7) is 12.6. The summed E-state index contributed by atoms with van der Waals surface area (Å²) < 4.78 is 0. The zero-order valence-electron chi connectivity index (χ0n) is 22.5. The molecule has 2 aromatic rings. The molecular weight excluding hydrogens is 836 g/mol. The van der Waals surface area contributed by atoms with Gasteiger partial charge in [0, 0.05) is 259 Å². The van der Waals surface area contributed by atoms with E-state index in [9.17, 15) is 0 Å². The van der Waals surface area contributed by atoms with Crippen LogP contribution in [0.5, 0.6) is 0 Å². The van der Waals surface area contributed by atoms with Crippen LogP contribution in [0.3, 0.4) is 0 Å². The average Bonchev–Trinajstić information content (AvgIpc) is 2.58. The second-order valence-corrected chi connectivity index (χ2v) is 4.90. The quantitative estimate of drug-likeness (QED) is 0.252. The molecule has 0 spiro atoms. The molecule has 3 rings (SSSR count). The van der Waals surface area contributed by atoms with Gasteiger partial charge in [-0.2, -0.15) is 29.8 Å². The summed E-state index contributed by atoms with van der Waals surface area (Å²) in [4.78, 5) is 0. The molecule has 0 fully saturated rings. The van der Waals surface area contributed by atoms with Gasteiger partial charge in [0.05, 0.1) is 0 Å². The number of hydrogen-bond donors (Lipinski definition) is 0. The molecule has 211 valence electrons. The predicted molar refractivity (Wildman–Crippen MR) is 127 cm³/mol. The maximum atomic E-state index is 3.42. The first-order valence-electron chi connectivity index (χ1n) is 8.43. The molecule has 0 aromatic heterocycles. The van der Waals surface area contributed by atoms with Gasteiger partial charge < -0.3 is 37.1 Å². The van der Waals surface area contributed by atoms with Crippen molar-refractivity contribution in [2.75, 3.05) is 0 Å².